The van der Waals surface area contributed by atoms with E-state index in [1.165, 1.54) is 0 Å². The molecule has 0 saturated carbocycles. The lowest BCUT2D eigenvalue weighted by Crippen LogP contribution is -2.27. The van der Waals surface area contributed by atoms with Gasteiger partial charge in [-0.1, -0.05) is 6.07 Å². The number of hydrogen-bond acceptors (Lipinski definition) is 6. The number of ether oxygens (including phenoxy) is 4. The van der Waals surface area contributed by atoms with E-state index in [0.717, 1.165) is 22.6 Å². The predicted octanol–water partition coefficient (Wildman–Crippen LogP) is 2.81. The van der Waals surface area contributed by atoms with Crippen LogP contribution in [-0.4, -0.2) is 44.5 Å². The van der Waals surface area contributed by atoms with Gasteiger partial charge in [0, 0.05) is 42.9 Å². The summed E-state index contributed by atoms with van der Waals surface area (Å²) in [6.45, 7) is 1.98. The van der Waals surface area contributed by atoms with Crippen LogP contribution in [-0.2, 0) is 13.1 Å². The summed E-state index contributed by atoms with van der Waals surface area (Å²) >= 11 is 0. The molecule has 0 atom stereocenters. The quantitative estimate of drug-likeness (QED) is 0.899. The molecule has 1 aliphatic heterocycles. The first-order valence-electron chi connectivity index (χ1n) is 8.11. The highest BCUT2D eigenvalue weighted by Gasteiger charge is 2.21. The Balaban J connectivity index is 2.09. The molecule has 25 heavy (non-hydrogen) atoms. The van der Waals surface area contributed by atoms with Crippen molar-refractivity contribution >= 4 is 0 Å². The third-order valence-corrected chi connectivity index (χ3v) is 4.27. The first-order valence-corrected chi connectivity index (χ1v) is 8.11. The molecule has 0 radical (unpaired) electrons. The van der Waals surface area contributed by atoms with Gasteiger partial charge in [0.25, 0.3) is 0 Å². The monoisotopic (exact) mass is 345 g/mol. The number of aliphatic hydroxyl groups excluding tert-OH is 1. The van der Waals surface area contributed by atoms with Crippen LogP contribution in [0.15, 0.2) is 30.3 Å². The largest absolute Gasteiger partial charge is 0.497 e. The van der Waals surface area contributed by atoms with Crippen molar-refractivity contribution in [3.8, 4) is 28.7 Å². The molecule has 0 saturated heterocycles. The minimum Gasteiger partial charge on any atom is -0.497 e. The van der Waals surface area contributed by atoms with Gasteiger partial charge in [0.2, 0.25) is 0 Å². The van der Waals surface area contributed by atoms with Gasteiger partial charge in [-0.25, -0.2) is 0 Å². The maximum Gasteiger partial charge on any atom is 0.164 e. The molecule has 0 aliphatic carbocycles. The second kappa shape index (κ2) is 7.63. The first kappa shape index (κ1) is 17.4. The summed E-state index contributed by atoms with van der Waals surface area (Å²) in [6, 6.07) is 9.53. The number of β-amino-alcohol motifs (C(OH)–C–C–N with tert-alkyl or cyclic N) is 1. The molecule has 0 fully saturated rings. The van der Waals surface area contributed by atoms with Crippen molar-refractivity contribution in [2.24, 2.45) is 0 Å². The number of aliphatic hydroxyl groups is 1. The topological polar surface area (TPSA) is 60.4 Å². The molecule has 0 unspecified atom stereocenters. The highest BCUT2D eigenvalue weighted by Crippen LogP contribution is 2.40. The Bertz CT molecular complexity index is 747. The van der Waals surface area contributed by atoms with Gasteiger partial charge in [-0.15, -0.1) is 0 Å². The van der Waals surface area contributed by atoms with Crippen LogP contribution in [0.2, 0.25) is 0 Å². The van der Waals surface area contributed by atoms with Crippen molar-refractivity contribution in [1.82, 2.24) is 4.90 Å². The van der Waals surface area contributed by atoms with E-state index in [4.69, 9.17) is 18.9 Å². The fourth-order valence-electron chi connectivity index (χ4n) is 2.96. The second-order valence-corrected chi connectivity index (χ2v) is 5.82. The zero-order chi connectivity index (χ0) is 17.8. The molecule has 6 nitrogen and oxygen atoms in total. The molecule has 3 rings (SSSR count). The SMILES string of the molecule is COc1ccc2c(c1)Oc1cc(OC)c(OC)cc1CN(CCO)C2. The summed E-state index contributed by atoms with van der Waals surface area (Å²) < 4.78 is 22.3. The molecule has 2 aromatic carbocycles. The molecule has 1 N–H and O–H groups in total. The average Bonchev–Trinajstić information content (AvgIpc) is 2.62. The summed E-state index contributed by atoms with van der Waals surface area (Å²) in [5.41, 5.74) is 2.01. The van der Waals surface area contributed by atoms with Crippen molar-refractivity contribution < 1.29 is 24.1 Å². The fourth-order valence-corrected chi connectivity index (χ4v) is 2.96. The molecule has 1 aliphatic rings. The van der Waals surface area contributed by atoms with E-state index in [9.17, 15) is 5.11 Å². The summed E-state index contributed by atoms with van der Waals surface area (Å²) in [5, 5.41) is 9.40. The number of methoxy groups -OCH3 is 3. The minimum absolute atomic E-state index is 0.0922. The third-order valence-electron chi connectivity index (χ3n) is 4.27. The van der Waals surface area contributed by atoms with Gasteiger partial charge in [0.1, 0.15) is 17.2 Å². The summed E-state index contributed by atoms with van der Waals surface area (Å²) in [4.78, 5) is 2.17. The second-order valence-electron chi connectivity index (χ2n) is 5.82. The maximum atomic E-state index is 9.40. The van der Waals surface area contributed by atoms with Crippen molar-refractivity contribution in [2.45, 2.75) is 13.1 Å². The maximum absolute atomic E-state index is 9.40. The first-order chi connectivity index (χ1) is 12.2. The van der Waals surface area contributed by atoms with Crippen LogP contribution in [0.3, 0.4) is 0 Å². The summed E-state index contributed by atoms with van der Waals surface area (Å²) in [7, 11) is 4.84. The van der Waals surface area contributed by atoms with Gasteiger partial charge < -0.3 is 24.1 Å². The Morgan fingerprint density at radius 2 is 1.60 bits per heavy atom. The zero-order valence-corrected chi connectivity index (χ0v) is 14.7. The Kier molecular flexibility index (Phi) is 5.31. The van der Waals surface area contributed by atoms with Gasteiger partial charge in [0.05, 0.1) is 27.9 Å². The van der Waals surface area contributed by atoms with E-state index in [0.29, 0.717) is 36.9 Å². The fraction of sp³-hybridized carbons (Fsp3) is 0.368. The third kappa shape index (κ3) is 3.65. The molecule has 0 spiro atoms. The molecular formula is C19H23NO5. The number of rotatable bonds is 5. The standard InChI is InChI=1S/C19H23NO5/c1-22-15-5-4-13-11-20(6-7-21)12-14-8-18(23-2)19(24-3)10-17(14)25-16(13)9-15/h4-5,8-10,21H,6-7,11-12H2,1-3H3. The minimum atomic E-state index is 0.0922. The molecule has 0 bridgehead atoms. The van der Waals surface area contributed by atoms with Gasteiger partial charge in [-0.05, 0) is 12.1 Å². The van der Waals surface area contributed by atoms with Crippen molar-refractivity contribution in [3.05, 3.63) is 41.5 Å². The van der Waals surface area contributed by atoms with Crippen LogP contribution in [0, 0.1) is 0 Å². The smallest absolute Gasteiger partial charge is 0.164 e. The van der Waals surface area contributed by atoms with Crippen LogP contribution in [0.5, 0.6) is 28.7 Å². The highest BCUT2D eigenvalue weighted by atomic mass is 16.5. The molecule has 0 amide bonds. The van der Waals surface area contributed by atoms with Crippen LogP contribution >= 0.6 is 0 Å². The van der Waals surface area contributed by atoms with Crippen molar-refractivity contribution in [3.63, 3.8) is 0 Å². The number of nitrogens with zero attached hydrogens (tertiary/aromatic N) is 1. The lowest BCUT2D eigenvalue weighted by molar-refractivity contribution is 0.179. The number of hydrogen-bond donors (Lipinski definition) is 1. The average molecular weight is 345 g/mol. The molecule has 6 heteroatoms. The molecular weight excluding hydrogens is 322 g/mol. The van der Waals surface area contributed by atoms with Crippen LogP contribution in [0.4, 0.5) is 0 Å². The van der Waals surface area contributed by atoms with Gasteiger partial charge >= 0.3 is 0 Å². The number of fused-ring (bicyclic) bond motifs is 2. The predicted molar refractivity (Wildman–Crippen MR) is 93.8 cm³/mol. The van der Waals surface area contributed by atoms with E-state index in [2.05, 4.69) is 4.90 Å². The Labute approximate surface area is 147 Å². The van der Waals surface area contributed by atoms with Gasteiger partial charge in [-0.2, -0.15) is 0 Å². The molecule has 1 heterocycles. The molecule has 0 aromatic heterocycles. The van der Waals surface area contributed by atoms with Gasteiger partial charge in [0.15, 0.2) is 11.5 Å². The molecule has 134 valence electrons. The lowest BCUT2D eigenvalue weighted by atomic mass is 10.1. The highest BCUT2D eigenvalue weighted by molar-refractivity contribution is 5.53. The zero-order valence-electron chi connectivity index (χ0n) is 14.7. The van der Waals surface area contributed by atoms with E-state index in [1.807, 2.05) is 30.3 Å². The summed E-state index contributed by atoms with van der Waals surface area (Å²) in [6.07, 6.45) is 0. The van der Waals surface area contributed by atoms with Crippen LogP contribution < -0.4 is 18.9 Å². The Morgan fingerprint density at radius 1 is 0.920 bits per heavy atom. The van der Waals surface area contributed by atoms with Crippen molar-refractivity contribution in [2.75, 3.05) is 34.5 Å². The van der Waals surface area contributed by atoms with Gasteiger partial charge in [-0.3, -0.25) is 4.90 Å². The van der Waals surface area contributed by atoms with E-state index < -0.39 is 0 Å². The number of benzene rings is 2. The normalized spacial score (nSPS) is 13.8. The van der Waals surface area contributed by atoms with Crippen LogP contribution in [0.25, 0.3) is 0 Å². The lowest BCUT2D eigenvalue weighted by Gasteiger charge is -2.28. The summed E-state index contributed by atoms with van der Waals surface area (Å²) in [5.74, 6) is 3.43. The Hall–Kier alpha value is -2.44. The van der Waals surface area contributed by atoms with Crippen LogP contribution in [0.1, 0.15) is 11.1 Å². The Morgan fingerprint density at radius 3 is 2.28 bits per heavy atom. The van der Waals surface area contributed by atoms with E-state index in [-0.39, 0.29) is 6.61 Å². The van der Waals surface area contributed by atoms with E-state index >= 15 is 0 Å². The van der Waals surface area contributed by atoms with Crippen molar-refractivity contribution in [1.29, 1.82) is 0 Å². The van der Waals surface area contributed by atoms with E-state index in [1.54, 1.807) is 21.3 Å². The molecule has 2 aromatic rings.